The van der Waals surface area contributed by atoms with Crippen molar-refractivity contribution in [2.45, 2.75) is 39.2 Å². The summed E-state index contributed by atoms with van der Waals surface area (Å²) in [7, 11) is 1.97. The van der Waals surface area contributed by atoms with Crippen LogP contribution in [-0.4, -0.2) is 16.3 Å². The molecule has 3 heteroatoms. The average Bonchev–Trinajstić information content (AvgIpc) is 2.88. The average molecular weight is 271 g/mol. The molecule has 0 aliphatic heterocycles. The summed E-state index contributed by atoms with van der Waals surface area (Å²) in [6.07, 6.45) is 5.17. The Morgan fingerprint density at radius 3 is 2.65 bits per heavy atom. The molecule has 2 rings (SSSR count). The zero-order chi connectivity index (χ0) is 14.4. The van der Waals surface area contributed by atoms with Gasteiger partial charge in [-0.1, -0.05) is 38.1 Å². The molecule has 0 spiro atoms. The van der Waals surface area contributed by atoms with E-state index < -0.39 is 0 Å². The first kappa shape index (κ1) is 14.8. The molecule has 1 atom stereocenters. The third kappa shape index (κ3) is 3.70. The maximum Gasteiger partial charge on any atom is 0.0643 e. The minimum atomic E-state index is 0.348. The molecule has 0 bridgehead atoms. The number of nitrogens with zero attached hydrogens (tertiary/aromatic N) is 2. The second kappa shape index (κ2) is 7.25. The molecule has 20 heavy (non-hydrogen) atoms. The third-order valence-electron chi connectivity index (χ3n) is 3.63. The quantitative estimate of drug-likeness (QED) is 0.837. The van der Waals surface area contributed by atoms with Crippen molar-refractivity contribution >= 4 is 0 Å². The summed E-state index contributed by atoms with van der Waals surface area (Å²) in [6, 6.07) is 11.2. The van der Waals surface area contributed by atoms with Crippen molar-refractivity contribution in [3.8, 4) is 0 Å². The van der Waals surface area contributed by atoms with Crippen LogP contribution in [0.15, 0.2) is 36.5 Å². The highest BCUT2D eigenvalue weighted by molar-refractivity contribution is 5.31. The van der Waals surface area contributed by atoms with Crippen LogP contribution in [0.4, 0.5) is 0 Å². The van der Waals surface area contributed by atoms with Gasteiger partial charge >= 0.3 is 0 Å². The van der Waals surface area contributed by atoms with Crippen LogP contribution in [0.1, 0.15) is 43.1 Å². The number of benzene rings is 1. The molecule has 0 radical (unpaired) electrons. The molecule has 1 unspecified atom stereocenters. The van der Waals surface area contributed by atoms with Gasteiger partial charge in [-0.15, -0.1) is 0 Å². The summed E-state index contributed by atoms with van der Waals surface area (Å²) >= 11 is 0. The lowest BCUT2D eigenvalue weighted by molar-refractivity contribution is 0.518. The zero-order valence-corrected chi connectivity index (χ0v) is 12.8. The van der Waals surface area contributed by atoms with E-state index in [9.17, 15) is 0 Å². The van der Waals surface area contributed by atoms with Gasteiger partial charge in [-0.3, -0.25) is 4.68 Å². The van der Waals surface area contributed by atoms with E-state index in [1.54, 1.807) is 0 Å². The van der Waals surface area contributed by atoms with Crippen LogP contribution in [0, 0.1) is 0 Å². The van der Waals surface area contributed by atoms with Gasteiger partial charge in [0.1, 0.15) is 0 Å². The molecule has 108 valence electrons. The van der Waals surface area contributed by atoms with Crippen LogP contribution in [0.2, 0.25) is 0 Å². The Morgan fingerprint density at radius 2 is 2.00 bits per heavy atom. The molecule has 2 aromatic rings. The van der Waals surface area contributed by atoms with Crippen LogP contribution in [0.3, 0.4) is 0 Å². The number of rotatable bonds is 7. The minimum absolute atomic E-state index is 0.348. The van der Waals surface area contributed by atoms with Gasteiger partial charge in [0, 0.05) is 25.7 Å². The fourth-order valence-electron chi connectivity index (χ4n) is 2.59. The molecule has 0 aliphatic carbocycles. The van der Waals surface area contributed by atoms with E-state index >= 15 is 0 Å². The highest BCUT2D eigenvalue weighted by Gasteiger charge is 2.15. The molecule has 1 aromatic carbocycles. The Morgan fingerprint density at radius 1 is 1.20 bits per heavy atom. The molecule has 0 saturated carbocycles. The van der Waals surface area contributed by atoms with Crippen molar-refractivity contribution in [2.24, 2.45) is 7.05 Å². The normalized spacial score (nSPS) is 12.6. The Kier molecular flexibility index (Phi) is 5.36. The zero-order valence-electron chi connectivity index (χ0n) is 12.8. The second-order valence-electron chi connectivity index (χ2n) is 5.24. The van der Waals surface area contributed by atoms with E-state index in [1.165, 1.54) is 11.1 Å². The monoisotopic (exact) mass is 271 g/mol. The maximum absolute atomic E-state index is 4.52. The van der Waals surface area contributed by atoms with E-state index in [0.29, 0.717) is 6.04 Å². The topological polar surface area (TPSA) is 29.9 Å². The first-order chi connectivity index (χ1) is 9.74. The van der Waals surface area contributed by atoms with Gasteiger partial charge < -0.3 is 5.32 Å². The van der Waals surface area contributed by atoms with Crippen molar-refractivity contribution in [3.63, 3.8) is 0 Å². The SMILES string of the molecule is CCCNC(Cc1ccn(C)n1)c1ccccc1CC. The fourth-order valence-corrected chi connectivity index (χ4v) is 2.59. The lowest BCUT2D eigenvalue weighted by Crippen LogP contribution is -2.25. The number of aromatic nitrogens is 2. The van der Waals surface area contributed by atoms with Crippen molar-refractivity contribution in [1.82, 2.24) is 15.1 Å². The van der Waals surface area contributed by atoms with E-state index in [1.807, 2.05) is 17.9 Å². The summed E-state index contributed by atoms with van der Waals surface area (Å²) in [4.78, 5) is 0. The van der Waals surface area contributed by atoms with E-state index in [4.69, 9.17) is 0 Å². The molecule has 1 N–H and O–H groups in total. The summed E-state index contributed by atoms with van der Waals surface area (Å²) < 4.78 is 1.87. The summed E-state index contributed by atoms with van der Waals surface area (Å²) in [5, 5.41) is 8.19. The molecule has 1 aromatic heterocycles. The maximum atomic E-state index is 4.52. The molecular formula is C17H25N3. The standard InChI is InChI=1S/C17H25N3/c1-4-11-18-17(13-15-10-12-20(3)19-15)16-9-7-6-8-14(16)5-2/h6-10,12,17-18H,4-5,11,13H2,1-3H3. The molecule has 0 aliphatic rings. The van der Waals surface area contributed by atoms with Crippen LogP contribution >= 0.6 is 0 Å². The second-order valence-corrected chi connectivity index (χ2v) is 5.24. The number of hydrogen-bond donors (Lipinski definition) is 1. The number of aryl methyl sites for hydroxylation is 2. The van der Waals surface area contributed by atoms with Crippen LogP contribution in [0.25, 0.3) is 0 Å². The van der Waals surface area contributed by atoms with Gasteiger partial charge in [0.2, 0.25) is 0 Å². The van der Waals surface area contributed by atoms with Crippen molar-refractivity contribution in [1.29, 1.82) is 0 Å². The molecule has 0 saturated heterocycles. The van der Waals surface area contributed by atoms with Gasteiger partial charge in [0.25, 0.3) is 0 Å². The Balaban J connectivity index is 2.22. The summed E-state index contributed by atoms with van der Waals surface area (Å²) in [6.45, 7) is 5.46. The predicted octanol–water partition coefficient (Wildman–Crippen LogP) is 3.27. The molecular weight excluding hydrogens is 246 g/mol. The van der Waals surface area contributed by atoms with Crippen molar-refractivity contribution in [3.05, 3.63) is 53.3 Å². The number of nitrogens with one attached hydrogen (secondary N) is 1. The van der Waals surface area contributed by atoms with E-state index in [-0.39, 0.29) is 0 Å². The van der Waals surface area contributed by atoms with Crippen LogP contribution in [0.5, 0.6) is 0 Å². The smallest absolute Gasteiger partial charge is 0.0643 e. The minimum Gasteiger partial charge on any atom is -0.310 e. The lowest BCUT2D eigenvalue weighted by atomic mass is 9.95. The fraction of sp³-hybridized carbons (Fsp3) is 0.471. The number of hydrogen-bond acceptors (Lipinski definition) is 2. The molecule has 3 nitrogen and oxygen atoms in total. The molecule has 0 fully saturated rings. The Bertz CT molecular complexity index is 531. The van der Waals surface area contributed by atoms with Crippen molar-refractivity contribution in [2.75, 3.05) is 6.54 Å². The first-order valence-electron chi connectivity index (χ1n) is 7.54. The Labute approximate surface area is 122 Å². The van der Waals surface area contributed by atoms with E-state index in [2.05, 4.69) is 54.6 Å². The van der Waals surface area contributed by atoms with Gasteiger partial charge in [-0.05, 0) is 36.6 Å². The van der Waals surface area contributed by atoms with Gasteiger partial charge in [0.05, 0.1) is 5.69 Å². The largest absolute Gasteiger partial charge is 0.310 e. The lowest BCUT2D eigenvalue weighted by Gasteiger charge is -2.21. The van der Waals surface area contributed by atoms with Gasteiger partial charge in [-0.25, -0.2) is 0 Å². The Hall–Kier alpha value is -1.61. The van der Waals surface area contributed by atoms with Crippen LogP contribution < -0.4 is 5.32 Å². The molecule has 1 heterocycles. The summed E-state index contributed by atoms with van der Waals surface area (Å²) in [5.41, 5.74) is 3.98. The van der Waals surface area contributed by atoms with Crippen molar-refractivity contribution < 1.29 is 0 Å². The predicted molar refractivity (Wildman–Crippen MR) is 83.8 cm³/mol. The third-order valence-corrected chi connectivity index (χ3v) is 3.63. The summed E-state index contributed by atoms with van der Waals surface area (Å²) in [5.74, 6) is 0. The van der Waals surface area contributed by atoms with Crippen LogP contribution in [-0.2, 0) is 19.9 Å². The highest BCUT2D eigenvalue weighted by Crippen LogP contribution is 2.22. The van der Waals surface area contributed by atoms with Gasteiger partial charge in [0.15, 0.2) is 0 Å². The highest BCUT2D eigenvalue weighted by atomic mass is 15.2. The first-order valence-corrected chi connectivity index (χ1v) is 7.54. The van der Waals surface area contributed by atoms with E-state index in [0.717, 1.165) is 31.5 Å². The molecule has 0 amide bonds. The van der Waals surface area contributed by atoms with Gasteiger partial charge in [-0.2, -0.15) is 5.10 Å².